The van der Waals surface area contributed by atoms with Gasteiger partial charge in [0.25, 0.3) is 0 Å². The molecule has 0 saturated carbocycles. The van der Waals surface area contributed by atoms with E-state index in [0.29, 0.717) is 5.69 Å². The number of anilines is 1. The molecule has 0 atom stereocenters. The molecule has 6 heteroatoms. The van der Waals surface area contributed by atoms with Crippen molar-refractivity contribution in [2.45, 2.75) is 7.43 Å². The number of phenolic OH excluding ortho intramolecular Hbond substituents is 1. The number of hydrogen-bond donors (Lipinski definition) is 4. The van der Waals surface area contributed by atoms with Crippen molar-refractivity contribution in [1.82, 2.24) is 0 Å². The highest BCUT2D eigenvalue weighted by Gasteiger charge is 1.93. The van der Waals surface area contributed by atoms with E-state index in [9.17, 15) is 0 Å². The van der Waals surface area contributed by atoms with Gasteiger partial charge in [0.05, 0.1) is 5.69 Å². The van der Waals surface area contributed by atoms with Crippen LogP contribution < -0.4 is 5.73 Å². The van der Waals surface area contributed by atoms with E-state index in [1.165, 1.54) is 0 Å². The van der Waals surface area contributed by atoms with Gasteiger partial charge < -0.3 is 10.8 Å². The zero-order chi connectivity index (χ0) is 9.56. The van der Waals surface area contributed by atoms with Crippen molar-refractivity contribution >= 4 is 13.9 Å². The van der Waals surface area contributed by atoms with E-state index in [2.05, 4.69) is 0 Å². The van der Waals surface area contributed by atoms with Crippen LogP contribution in [0, 0.1) is 0 Å². The first-order valence-corrected chi connectivity index (χ1v) is 4.09. The fourth-order valence-electron chi connectivity index (χ4n) is 0.488. The Kier molecular flexibility index (Phi) is 8.28. The number of phenols is 1. The van der Waals surface area contributed by atoms with Crippen molar-refractivity contribution in [1.29, 1.82) is 0 Å². The van der Waals surface area contributed by atoms with Crippen LogP contribution >= 0.6 is 8.25 Å². The molecular weight excluding hydrogens is 193 g/mol. The second-order valence-corrected chi connectivity index (χ2v) is 2.32. The van der Waals surface area contributed by atoms with Gasteiger partial charge in [0.1, 0.15) is 5.75 Å². The smallest absolute Gasteiger partial charge is 0.506 e. The summed E-state index contributed by atoms with van der Waals surface area (Å²) >= 11 is 0. The van der Waals surface area contributed by atoms with Crippen LogP contribution in [0.4, 0.5) is 5.69 Å². The summed E-state index contributed by atoms with van der Waals surface area (Å²) < 4.78 is 8.70. The van der Waals surface area contributed by atoms with Crippen LogP contribution in [-0.2, 0) is 4.57 Å². The Morgan fingerprint density at radius 1 is 1.23 bits per heavy atom. The van der Waals surface area contributed by atoms with E-state index in [-0.39, 0.29) is 13.2 Å². The van der Waals surface area contributed by atoms with Crippen molar-refractivity contribution in [3.63, 3.8) is 0 Å². The van der Waals surface area contributed by atoms with Crippen LogP contribution in [-0.4, -0.2) is 14.9 Å². The molecule has 0 bridgehead atoms. The largest absolute Gasteiger partial charge is 0.692 e. The molecule has 0 aliphatic heterocycles. The number of hydrogen-bond acceptors (Lipinski definition) is 3. The Morgan fingerprint density at radius 3 is 1.85 bits per heavy atom. The third-order valence-corrected chi connectivity index (χ3v) is 0.937. The van der Waals surface area contributed by atoms with Crippen LogP contribution in [0.15, 0.2) is 24.3 Å². The maximum atomic E-state index is 8.79. The number of aromatic hydroxyl groups is 1. The molecule has 0 aliphatic carbocycles. The van der Waals surface area contributed by atoms with Gasteiger partial charge in [0.15, 0.2) is 0 Å². The van der Waals surface area contributed by atoms with Crippen LogP contribution in [0.25, 0.3) is 0 Å². The minimum absolute atomic E-state index is 0. The van der Waals surface area contributed by atoms with Gasteiger partial charge in [-0.3, -0.25) is 0 Å². The Hall–Kier alpha value is -1.16. The first kappa shape index (κ1) is 14.4. The summed E-state index contributed by atoms with van der Waals surface area (Å²) in [5.74, 6) is 0.146. The van der Waals surface area contributed by atoms with E-state index in [0.717, 1.165) is 0 Å². The second kappa shape index (κ2) is 7.49. The molecule has 5 nitrogen and oxygen atoms in total. The molecule has 0 aliphatic rings. The van der Waals surface area contributed by atoms with Gasteiger partial charge >= 0.3 is 8.25 Å². The molecular formula is C7H13NO4P+. The number of para-hydroxylation sites is 2. The van der Waals surface area contributed by atoms with Gasteiger partial charge in [-0.05, 0) is 12.1 Å². The summed E-state index contributed by atoms with van der Waals surface area (Å²) in [6.45, 7) is 0. The molecule has 0 unspecified atom stereocenters. The zero-order valence-corrected chi connectivity index (χ0v) is 6.98. The maximum Gasteiger partial charge on any atom is 0.692 e. The fourth-order valence-corrected chi connectivity index (χ4v) is 0.488. The van der Waals surface area contributed by atoms with Crippen LogP contribution in [0.3, 0.4) is 0 Å². The minimum Gasteiger partial charge on any atom is -0.506 e. The molecule has 74 valence electrons. The van der Waals surface area contributed by atoms with Gasteiger partial charge in [-0.2, -0.15) is 0 Å². The Morgan fingerprint density at radius 2 is 1.62 bits per heavy atom. The van der Waals surface area contributed by atoms with Crippen molar-refractivity contribution < 1.29 is 19.5 Å². The Balaban J connectivity index is 0. The molecule has 0 saturated heterocycles. The first-order valence-electron chi connectivity index (χ1n) is 2.92. The molecule has 13 heavy (non-hydrogen) atoms. The SMILES string of the molecule is C.Nc1ccccc1O.O=[P+](O)O. The quantitative estimate of drug-likeness (QED) is 0.290. The molecule has 0 spiro atoms. The average Bonchev–Trinajstić information content (AvgIpc) is 1.94. The van der Waals surface area contributed by atoms with Crippen molar-refractivity contribution in [2.24, 2.45) is 0 Å². The van der Waals surface area contributed by atoms with Crippen molar-refractivity contribution in [3.05, 3.63) is 24.3 Å². The summed E-state index contributed by atoms with van der Waals surface area (Å²) in [5, 5.41) is 8.79. The lowest BCUT2D eigenvalue weighted by Crippen LogP contribution is -1.82. The summed E-state index contributed by atoms with van der Waals surface area (Å²) in [4.78, 5) is 14.2. The average molecular weight is 206 g/mol. The lowest BCUT2D eigenvalue weighted by molar-refractivity contribution is 0.405. The van der Waals surface area contributed by atoms with E-state index in [1.807, 2.05) is 0 Å². The van der Waals surface area contributed by atoms with Crippen LogP contribution in [0.1, 0.15) is 7.43 Å². The predicted molar refractivity (Wildman–Crippen MR) is 51.3 cm³/mol. The fraction of sp³-hybridized carbons (Fsp3) is 0.143. The monoisotopic (exact) mass is 206 g/mol. The molecule has 1 rings (SSSR count). The number of rotatable bonds is 0. The highest BCUT2D eigenvalue weighted by molar-refractivity contribution is 7.30. The van der Waals surface area contributed by atoms with E-state index < -0.39 is 8.25 Å². The lowest BCUT2D eigenvalue weighted by Gasteiger charge is -1.92. The van der Waals surface area contributed by atoms with Crippen LogP contribution in [0.2, 0.25) is 0 Å². The summed E-state index contributed by atoms with van der Waals surface area (Å²) in [6.07, 6.45) is 0. The van der Waals surface area contributed by atoms with E-state index in [4.69, 9.17) is 25.2 Å². The predicted octanol–water partition coefficient (Wildman–Crippen LogP) is 1.24. The van der Waals surface area contributed by atoms with Crippen molar-refractivity contribution in [3.8, 4) is 5.75 Å². The molecule has 0 fully saturated rings. The zero-order valence-electron chi connectivity index (χ0n) is 6.08. The molecule has 1 aromatic carbocycles. The molecule has 0 amide bonds. The number of nitrogens with two attached hydrogens (primary N) is 1. The van der Waals surface area contributed by atoms with E-state index >= 15 is 0 Å². The molecule has 0 aromatic heterocycles. The van der Waals surface area contributed by atoms with Crippen LogP contribution in [0.5, 0.6) is 5.75 Å². The third kappa shape index (κ3) is 8.75. The first-order chi connectivity index (χ1) is 5.54. The van der Waals surface area contributed by atoms with Gasteiger partial charge in [0.2, 0.25) is 0 Å². The third-order valence-electron chi connectivity index (χ3n) is 0.937. The van der Waals surface area contributed by atoms with Gasteiger partial charge in [-0.15, -0.1) is 9.79 Å². The highest BCUT2D eigenvalue weighted by atomic mass is 31.1. The standard InChI is InChI=1S/C6H7NO.CH4.HO3P/c7-5-3-1-2-4-6(5)8;;1-4(2)3/h1-4,8H,7H2;1H4;(H-,1,2,3)/p+1. The maximum absolute atomic E-state index is 8.79. The Labute approximate surface area is 77.4 Å². The molecule has 1 aromatic rings. The van der Waals surface area contributed by atoms with Crippen molar-refractivity contribution in [2.75, 3.05) is 5.73 Å². The molecule has 0 heterocycles. The normalized spacial score (nSPS) is 7.54. The summed E-state index contributed by atoms with van der Waals surface area (Å²) in [6, 6.07) is 6.70. The summed E-state index contributed by atoms with van der Waals surface area (Å²) in [5.41, 5.74) is 5.69. The topological polar surface area (TPSA) is 104 Å². The number of benzene rings is 1. The highest BCUT2D eigenvalue weighted by Crippen LogP contribution is 2.16. The van der Waals surface area contributed by atoms with Gasteiger partial charge in [-0.1, -0.05) is 19.6 Å². The summed E-state index contributed by atoms with van der Waals surface area (Å²) in [7, 11) is -2.87. The Bertz CT molecular complexity index is 241. The molecule has 5 N–H and O–H groups in total. The molecule has 0 radical (unpaired) electrons. The van der Waals surface area contributed by atoms with Gasteiger partial charge in [0, 0.05) is 4.57 Å². The van der Waals surface area contributed by atoms with Gasteiger partial charge in [-0.25, -0.2) is 0 Å². The lowest BCUT2D eigenvalue weighted by atomic mass is 10.3. The number of nitrogen functional groups attached to an aromatic ring is 1. The minimum atomic E-state index is -2.87. The van der Waals surface area contributed by atoms with E-state index in [1.54, 1.807) is 24.3 Å². The second-order valence-electron chi connectivity index (χ2n) is 1.81.